The molecule has 2 heterocycles. The lowest BCUT2D eigenvalue weighted by atomic mass is 9.85. The van der Waals surface area contributed by atoms with Gasteiger partial charge in [0.05, 0.1) is 6.04 Å². The van der Waals surface area contributed by atoms with Crippen LogP contribution in [-0.4, -0.2) is 24.0 Å². The van der Waals surface area contributed by atoms with Crippen LogP contribution in [0.4, 0.5) is 0 Å². The normalized spacial score (nSPS) is 30.5. The molecule has 3 heteroatoms. The Morgan fingerprint density at radius 3 is 2.68 bits per heavy atom. The van der Waals surface area contributed by atoms with Crippen molar-refractivity contribution in [3.63, 3.8) is 0 Å². The van der Waals surface area contributed by atoms with Crippen LogP contribution in [0.3, 0.4) is 0 Å². The van der Waals surface area contributed by atoms with Crippen LogP contribution in [0.25, 0.3) is 0 Å². The molecule has 0 bridgehead atoms. The minimum Gasteiger partial charge on any atom is -0.329 e. The van der Waals surface area contributed by atoms with Gasteiger partial charge in [-0.2, -0.15) is 0 Å². The fourth-order valence-corrected chi connectivity index (χ4v) is 4.44. The maximum Gasteiger partial charge on any atom is 0.0566 e. The van der Waals surface area contributed by atoms with Gasteiger partial charge in [0.2, 0.25) is 0 Å². The summed E-state index contributed by atoms with van der Waals surface area (Å²) in [6, 6.07) is 5.60. The van der Waals surface area contributed by atoms with E-state index in [9.17, 15) is 0 Å². The highest BCUT2D eigenvalue weighted by Crippen LogP contribution is 2.35. The predicted molar refractivity (Wildman–Crippen MR) is 84.6 cm³/mol. The average molecular weight is 280 g/mol. The number of piperidine rings is 1. The molecule has 1 aromatic rings. The smallest absolute Gasteiger partial charge is 0.0566 e. The predicted octanol–water partition coefficient (Wildman–Crippen LogP) is 3.68. The van der Waals surface area contributed by atoms with E-state index in [1.54, 1.807) is 0 Å². The minimum absolute atomic E-state index is 0.408. The van der Waals surface area contributed by atoms with Gasteiger partial charge in [0, 0.05) is 28.9 Å². The highest BCUT2D eigenvalue weighted by atomic mass is 32.1. The Labute approximate surface area is 122 Å². The third kappa shape index (κ3) is 3.21. The molecule has 1 aliphatic heterocycles. The molecule has 1 aliphatic rings. The lowest BCUT2D eigenvalue weighted by Gasteiger charge is -2.45. The maximum atomic E-state index is 6.10. The van der Waals surface area contributed by atoms with Gasteiger partial charge in [-0.05, 0) is 43.7 Å². The summed E-state index contributed by atoms with van der Waals surface area (Å²) < 4.78 is 0. The summed E-state index contributed by atoms with van der Waals surface area (Å²) in [5, 5.41) is 0. The molecule has 1 aromatic heterocycles. The molecular weight excluding hydrogens is 252 g/mol. The Balaban J connectivity index is 2.20. The number of likely N-dealkylation sites (tertiary alicyclic amines) is 1. The minimum atomic E-state index is 0.408. The zero-order valence-electron chi connectivity index (χ0n) is 12.7. The van der Waals surface area contributed by atoms with Gasteiger partial charge in [0.15, 0.2) is 0 Å². The van der Waals surface area contributed by atoms with Crippen molar-refractivity contribution in [2.45, 2.75) is 52.6 Å². The number of aryl methyl sites for hydroxylation is 1. The lowest BCUT2D eigenvalue weighted by Crippen LogP contribution is -2.49. The van der Waals surface area contributed by atoms with Crippen molar-refractivity contribution in [3.05, 3.63) is 21.9 Å². The first kappa shape index (κ1) is 15.0. The molecule has 19 heavy (non-hydrogen) atoms. The van der Waals surface area contributed by atoms with Gasteiger partial charge in [-0.1, -0.05) is 20.8 Å². The van der Waals surface area contributed by atoms with Crippen LogP contribution in [-0.2, 0) is 6.42 Å². The van der Waals surface area contributed by atoms with Crippen LogP contribution < -0.4 is 5.73 Å². The van der Waals surface area contributed by atoms with Crippen LogP contribution >= 0.6 is 11.3 Å². The Kier molecular flexibility index (Phi) is 5.04. The van der Waals surface area contributed by atoms with Crippen molar-refractivity contribution in [1.29, 1.82) is 0 Å². The van der Waals surface area contributed by atoms with E-state index >= 15 is 0 Å². The van der Waals surface area contributed by atoms with Crippen LogP contribution in [0.2, 0.25) is 0 Å². The molecular formula is C16H28N2S. The second-order valence-corrected chi connectivity index (χ2v) is 7.36. The van der Waals surface area contributed by atoms with E-state index in [1.165, 1.54) is 22.7 Å². The molecule has 0 radical (unpaired) electrons. The summed E-state index contributed by atoms with van der Waals surface area (Å²) in [6.07, 6.45) is 2.48. The van der Waals surface area contributed by atoms with Crippen molar-refractivity contribution in [3.8, 4) is 0 Å². The summed E-state index contributed by atoms with van der Waals surface area (Å²) in [5.74, 6) is 1.55. The third-order valence-electron chi connectivity index (χ3n) is 4.63. The Morgan fingerprint density at radius 1 is 1.37 bits per heavy atom. The van der Waals surface area contributed by atoms with E-state index in [2.05, 4.69) is 44.7 Å². The number of hydrogen-bond acceptors (Lipinski definition) is 3. The molecule has 2 rings (SSSR count). The highest BCUT2D eigenvalue weighted by molar-refractivity contribution is 7.12. The average Bonchev–Trinajstić information content (AvgIpc) is 2.84. The monoisotopic (exact) mass is 280 g/mol. The van der Waals surface area contributed by atoms with Crippen molar-refractivity contribution in [1.82, 2.24) is 4.90 Å². The zero-order chi connectivity index (χ0) is 14.0. The van der Waals surface area contributed by atoms with Gasteiger partial charge in [-0.15, -0.1) is 11.3 Å². The summed E-state index contributed by atoms with van der Waals surface area (Å²) >= 11 is 1.94. The van der Waals surface area contributed by atoms with Crippen molar-refractivity contribution >= 4 is 11.3 Å². The van der Waals surface area contributed by atoms with Crippen molar-refractivity contribution in [2.24, 2.45) is 17.6 Å². The first-order chi connectivity index (χ1) is 9.06. The van der Waals surface area contributed by atoms with E-state index in [1.807, 2.05) is 11.3 Å². The Hall–Kier alpha value is -0.380. The lowest BCUT2D eigenvalue weighted by molar-refractivity contribution is 0.0437. The second kappa shape index (κ2) is 6.38. The van der Waals surface area contributed by atoms with Gasteiger partial charge in [-0.25, -0.2) is 0 Å². The summed E-state index contributed by atoms with van der Waals surface area (Å²) in [6.45, 7) is 11.3. The van der Waals surface area contributed by atoms with Gasteiger partial charge in [-0.3, -0.25) is 4.90 Å². The first-order valence-corrected chi connectivity index (χ1v) is 8.42. The standard InChI is InChI=1S/C16H28N2S/c1-5-14-6-7-16(19-14)15(9-17)18-10-11(2)8-12(3)13(18)4/h6-7,11-13,15H,5,8-10,17H2,1-4H3. The van der Waals surface area contributed by atoms with Gasteiger partial charge < -0.3 is 5.73 Å². The molecule has 0 aromatic carbocycles. The molecule has 4 unspecified atom stereocenters. The molecule has 1 saturated heterocycles. The van der Waals surface area contributed by atoms with Crippen molar-refractivity contribution in [2.75, 3.05) is 13.1 Å². The highest BCUT2D eigenvalue weighted by Gasteiger charge is 2.33. The molecule has 108 valence electrons. The van der Waals surface area contributed by atoms with Gasteiger partial charge in [0.1, 0.15) is 0 Å². The van der Waals surface area contributed by atoms with Crippen molar-refractivity contribution < 1.29 is 0 Å². The molecule has 0 amide bonds. The SMILES string of the molecule is CCc1ccc(C(CN)N2CC(C)CC(C)C2C)s1. The van der Waals surface area contributed by atoms with Gasteiger partial charge >= 0.3 is 0 Å². The fraction of sp³-hybridized carbons (Fsp3) is 0.750. The number of nitrogens with two attached hydrogens (primary N) is 1. The topological polar surface area (TPSA) is 29.3 Å². The van der Waals surface area contributed by atoms with Gasteiger partial charge in [0.25, 0.3) is 0 Å². The summed E-state index contributed by atoms with van der Waals surface area (Å²) in [4.78, 5) is 5.57. The molecule has 0 aliphatic carbocycles. The Morgan fingerprint density at radius 2 is 2.11 bits per heavy atom. The molecule has 4 atom stereocenters. The number of rotatable bonds is 4. The van der Waals surface area contributed by atoms with E-state index < -0.39 is 0 Å². The van der Waals surface area contributed by atoms with Crippen LogP contribution in [0.15, 0.2) is 12.1 Å². The second-order valence-electron chi connectivity index (χ2n) is 6.16. The van der Waals surface area contributed by atoms with E-state index in [0.717, 1.165) is 24.8 Å². The summed E-state index contributed by atoms with van der Waals surface area (Å²) in [7, 11) is 0. The quantitative estimate of drug-likeness (QED) is 0.911. The molecule has 0 spiro atoms. The summed E-state index contributed by atoms with van der Waals surface area (Å²) in [5.41, 5.74) is 6.10. The first-order valence-electron chi connectivity index (χ1n) is 7.61. The maximum absolute atomic E-state index is 6.10. The van der Waals surface area contributed by atoms with Crippen LogP contribution in [0, 0.1) is 11.8 Å². The fourth-order valence-electron chi connectivity index (χ4n) is 3.35. The number of hydrogen-bond donors (Lipinski definition) is 1. The third-order valence-corrected chi connectivity index (χ3v) is 5.96. The largest absolute Gasteiger partial charge is 0.329 e. The molecule has 1 fully saturated rings. The van der Waals surface area contributed by atoms with E-state index in [4.69, 9.17) is 5.73 Å². The molecule has 2 N–H and O–H groups in total. The van der Waals surface area contributed by atoms with E-state index in [0.29, 0.717) is 12.1 Å². The van der Waals surface area contributed by atoms with Crippen LogP contribution in [0.1, 0.15) is 49.9 Å². The molecule has 0 saturated carbocycles. The van der Waals surface area contributed by atoms with Crippen LogP contribution in [0.5, 0.6) is 0 Å². The van der Waals surface area contributed by atoms with E-state index in [-0.39, 0.29) is 0 Å². The molecule has 2 nitrogen and oxygen atoms in total. The number of thiophene rings is 1. The number of nitrogens with zero attached hydrogens (tertiary/aromatic N) is 1. The zero-order valence-corrected chi connectivity index (χ0v) is 13.5. The Bertz CT molecular complexity index is 401.